The fourth-order valence-corrected chi connectivity index (χ4v) is 3.71. The molecule has 1 atom stereocenters. The zero-order valence-corrected chi connectivity index (χ0v) is 17.3. The molecule has 0 bridgehead atoms. The number of aliphatic imine (C=N–C) groups is 1. The number of amides is 1. The molecule has 1 heterocycles. The molecule has 0 fully saturated rings. The number of carbonyl (C=O) groups excluding carboxylic acids is 1. The zero-order chi connectivity index (χ0) is 20.4. The molecule has 0 aromatic heterocycles. The highest BCUT2D eigenvalue weighted by Gasteiger charge is 2.19. The van der Waals surface area contributed by atoms with Crippen LogP contribution < -0.4 is 5.32 Å². The van der Waals surface area contributed by atoms with Crippen molar-refractivity contribution in [3.05, 3.63) is 99.6 Å². The Morgan fingerprint density at radius 3 is 2.69 bits per heavy atom. The highest BCUT2D eigenvalue weighted by Crippen LogP contribution is 2.32. The molecule has 29 heavy (non-hydrogen) atoms. The van der Waals surface area contributed by atoms with Crippen LogP contribution in [0.3, 0.4) is 0 Å². The van der Waals surface area contributed by atoms with Crippen molar-refractivity contribution in [1.82, 2.24) is 5.32 Å². The maximum Gasteiger partial charge on any atom is 0.251 e. The van der Waals surface area contributed by atoms with Gasteiger partial charge in [0.05, 0.1) is 11.4 Å². The van der Waals surface area contributed by atoms with Gasteiger partial charge in [-0.25, -0.2) is 4.99 Å². The van der Waals surface area contributed by atoms with Crippen molar-refractivity contribution in [2.24, 2.45) is 4.99 Å². The smallest absolute Gasteiger partial charge is 0.251 e. The number of carbonyl (C=O) groups is 1. The normalized spacial score (nSPS) is 13.6. The number of benzene rings is 3. The summed E-state index contributed by atoms with van der Waals surface area (Å²) in [6.07, 6.45) is 1.66. The predicted molar refractivity (Wildman–Crippen MR) is 120 cm³/mol. The summed E-state index contributed by atoms with van der Waals surface area (Å²) >= 11 is 6.25. The molecule has 1 aliphatic heterocycles. The number of nitrogens with zero attached hydrogens (tertiary/aromatic N) is 1. The van der Waals surface area contributed by atoms with Crippen LogP contribution in [0.4, 0.5) is 5.69 Å². The molecular formula is C25H23ClN2O. The molecule has 3 nitrogen and oxygen atoms in total. The lowest BCUT2D eigenvalue weighted by Gasteiger charge is -2.12. The largest absolute Gasteiger partial charge is 0.350 e. The Kier molecular flexibility index (Phi) is 5.50. The topological polar surface area (TPSA) is 41.5 Å². The van der Waals surface area contributed by atoms with E-state index in [0.29, 0.717) is 10.6 Å². The summed E-state index contributed by atoms with van der Waals surface area (Å²) in [5, 5.41) is 3.71. The Hall–Kier alpha value is -2.91. The predicted octanol–water partition coefficient (Wildman–Crippen LogP) is 5.94. The van der Waals surface area contributed by atoms with E-state index in [2.05, 4.69) is 24.4 Å². The molecule has 4 rings (SSSR count). The Labute approximate surface area is 176 Å². The lowest BCUT2D eigenvalue weighted by Crippen LogP contribution is -2.31. The minimum Gasteiger partial charge on any atom is -0.350 e. The summed E-state index contributed by atoms with van der Waals surface area (Å²) in [4.78, 5) is 17.6. The van der Waals surface area contributed by atoms with E-state index in [9.17, 15) is 4.79 Å². The first-order chi connectivity index (χ1) is 14.0. The van der Waals surface area contributed by atoms with E-state index in [4.69, 9.17) is 16.6 Å². The van der Waals surface area contributed by atoms with Gasteiger partial charge in [-0.15, -0.1) is 0 Å². The van der Waals surface area contributed by atoms with Crippen LogP contribution in [0.1, 0.15) is 52.9 Å². The van der Waals surface area contributed by atoms with Crippen LogP contribution in [0, 0.1) is 0 Å². The molecule has 146 valence electrons. The quantitative estimate of drug-likeness (QED) is 0.450. The van der Waals surface area contributed by atoms with Gasteiger partial charge in [0.15, 0.2) is 0 Å². The highest BCUT2D eigenvalue weighted by molar-refractivity contribution is 6.31. The molecule has 0 radical (unpaired) electrons. The van der Waals surface area contributed by atoms with Gasteiger partial charge in [-0.1, -0.05) is 61.0 Å². The van der Waals surface area contributed by atoms with Crippen LogP contribution in [0.15, 0.2) is 71.7 Å². The van der Waals surface area contributed by atoms with E-state index in [1.165, 1.54) is 5.56 Å². The van der Waals surface area contributed by atoms with Crippen LogP contribution in [0.25, 0.3) is 0 Å². The monoisotopic (exact) mass is 402 g/mol. The van der Waals surface area contributed by atoms with Crippen LogP contribution >= 0.6 is 11.6 Å². The summed E-state index contributed by atoms with van der Waals surface area (Å²) in [5.41, 5.74) is 6.71. The summed E-state index contributed by atoms with van der Waals surface area (Å²) in [6.45, 7) is 4.06. The number of hydrogen-bond donors (Lipinski definition) is 1. The standard InChI is InChI=1S/C25H23ClN2O/c1-3-16(2)27-25(29)20-12-11-18-13-17-7-4-5-10-22(17)24(28-23(18)15-20)19-8-6-9-21(26)14-19/h4-12,14-16H,3,13H2,1-2H3,(H,27,29). The van der Waals surface area contributed by atoms with Crippen LogP contribution in [0.2, 0.25) is 5.02 Å². The SMILES string of the molecule is CCC(C)NC(=O)c1ccc2c(c1)N=C(c1cccc(Cl)c1)c1ccccc1C2. The van der Waals surface area contributed by atoms with Gasteiger partial charge in [0.2, 0.25) is 0 Å². The third-order valence-corrected chi connectivity index (χ3v) is 5.56. The first kappa shape index (κ1) is 19.4. The van der Waals surface area contributed by atoms with Gasteiger partial charge in [-0.05, 0) is 48.7 Å². The Bertz CT molecular complexity index is 1100. The Morgan fingerprint density at radius 1 is 1.07 bits per heavy atom. The molecule has 1 unspecified atom stereocenters. The highest BCUT2D eigenvalue weighted by atomic mass is 35.5. The molecule has 1 amide bonds. The maximum absolute atomic E-state index is 12.6. The number of halogens is 1. The number of fused-ring (bicyclic) bond motifs is 2. The fraction of sp³-hybridized carbons (Fsp3) is 0.200. The van der Waals surface area contributed by atoms with E-state index in [1.54, 1.807) is 0 Å². The Morgan fingerprint density at radius 2 is 1.90 bits per heavy atom. The fourth-order valence-electron chi connectivity index (χ4n) is 3.52. The third-order valence-electron chi connectivity index (χ3n) is 5.32. The lowest BCUT2D eigenvalue weighted by atomic mass is 9.94. The van der Waals surface area contributed by atoms with Crippen LogP contribution in [0.5, 0.6) is 0 Å². The Balaban J connectivity index is 1.83. The van der Waals surface area contributed by atoms with E-state index in [-0.39, 0.29) is 11.9 Å². The molecule has 0 saturated carbocycles. The van der Waals surface area contributed by atoms with Crippen molar-refractivity contribution >= 4 is 28.9 Å². The van der Waals surface area contributed by atoms with E-state index < -0.39 is 0 Å². The molecule has 3 aromatic carbocycles. The molecule has 1 N–H and O–H groups in total. The van der Waals surface area contributed by atoms with Crippen molar-refractivity contribution in [2.45, 2.75) is 32.7 Å². The summed E-state index contributed by atoms with van der Waals surface area (Å²) < 4.78 is 0. The van der Waals surface area contributed by atoms with Gasteiger partial charge >= 0.3 is 0 Å². The van der Waals surface area contributed by atoms with E-state index in [1.807, 2.05) is 61.5 Å². The molecular weight excluding hydrogens is 380 g/mol. The van der Waals surface area contributed by atoms with Gasteiger partial charge in [-0.2, -0.15) is 0 Å². The van der Waals surface area contributed by atoms with Gasteiger partial charge in [-0.3, -0.25) is 4.79 Å². The molecule has 3 aromatic rings. The van der Waals surface area contributed by atoms with Crippen LogP contribution in [-0.2, 0) is 6.42 Å². The van der Waals surface area contributed by atoms with Crippen molar-refractivity contribution < 1.29 is 4.79 Å². The second kappa shape index (κ2) is 8.22. The first-order valence-corrected chi connectivity index (χ1v) is 10.3. The first-order valence-electron chi connectivity index (χ1n) is 9.92. The number of hydrogen-bond acceptors (Lipinski definition) is 2. The molecule has 0 saturated heterocycles. The van der Waals surface area contributed by atoms with E-state index >= 15 is 0 Å². The van der Waals surface area contributed by atoms with Gasteiger partial charge in [0, 0.05) is 34.2 Å². The van der Waals surface area contributed by atoms with Crippen molar-refractivity contribution in [3.8, 4) is 0 Å². The van der Waals surface area contributed by atoms with Gasteiger partial charge in [0.25, 0.3) is 5.91 Å². The minimum atomic E-state index is -0.0663. The van der Waals surface area contributed by atoms with E-state index in [0.717, 1.165) is 40.9 Å². The summed E-state index contributed by atoms with van der Waals surface area (Å²) in [6, 6.07) is 22.0. The molecule has 4 heteroatoms. The van der Waals surface area contributed by atoms with Crippen molar-refractivity contribution in [2.75, 3.05) is 0 Å². The lowest BCUT2D eigenvalue weighted by molar-refractivity contribution is 0.0939. The average Bonchev–Trinajstić information content (AvgIpc) is 2.89. The summed E-state index contributed by atoms with van der Waals surface area (Å²) in [7, 11) is 0. The van der Waals surface area contributed by atoms with Crippen molar-refractivity contribution in [1.29, 1.82) is 0 Å². The van der Waals surface area contributed by atoms with Crippen molar-refractivity contribution in [3.63, 3.8) is 0 Å². The van der Waals surface area contributed by atoms with Crippen LogP contribution in [-0.4, -0.2) is 17.7 Å². The number of rotatable bonds is 4. The molecule has 1 aliphatic rings. The average molecular weight is 403 g/mol. The van der Waals surface area contributed by atoms with Gasteiger partial charge in [0.1, 0.15) is 0 Å². The maximum atomic E-state index is 12.6. The minimum absolute atomic E-state index is 0.0663. The molecule has 0 spiro atoms. The summed E-state index contributed by atoms with van der Waals surface area (Å²) in [5.74, 6) is -0.0663. The second-order valence-electron chi connectivity index (χ2n) is 7.43. The molecule has 0 aliphatic carbocycles. The second-order valence-corrected chi connectivity index (χ2v) is 7.87. The van der Waals surface area contributed by atoms with Gasteiger partial charge < -0.3 is 5.32 Å². The third kappa shape index (κ3) is 4.10. The zero-order valence-electron chi connectivity index (χ0n) is 16.6. The number of nitrogens with one attached hydrogen (secondary N) is 1.